The number of ether oxygens (including phenoxy) is 3. The van der Waals surface area contributed by atoms with Gasteiger partial charge in [-0.3, -0.25) is 10.2 Å². The Hall–Kier alpha value is -3.11. The van der Waals surface area contributed by atoms with Crippen LogP contribution in [0.15, 0.2) is 56.5 Å². The summed E-state index contributed by atoms with van der Waals surface area (Å²) in [5, 5.41) is 16.3. The lowest BCUT2D eigenvalue weighted by atomic mass is 9.90. The van der Waals surface area contributed by atoms with Crippen molar-refractivity contribution in [2.24, 2.45) is 16.0 Å². The molecular weight excluding hydrogens is 580 g/mol. The van der Waals surface area contributed by atoms with Gasteiger partial charge in [0.25, 0.3) is 5.91 Å². The molecule has 5 rings (SSSR count). The molecule has 8 nitrogen and oxygen atoms in total. The van der Waals surface area contributed by atoms with Gasteiger partial charge in [-0.25, -0.2) is 0 Å². The summed E-state index contributed by atoms with van der Waals surface area (Å²) in [5.74, 6) is 1.84. The SMILES string of the molecule is CCOc1cc(/C=C2/C(=N)N3N=C(C4CCCCC4)SC3=NC2=O)cc(Br)c1OCCOc1ccc(C)cc1. The van der Waals surface area contributed by atoms with Gasteiger partial charge in [-0.05, 0) is 90.3 Å². The molecule has 10 heteroatoms. The maximum atomic E-state index is 12.9. The molecule has 3 aliphatic rings. The van der Waals surface area contributed by atoms with E-state index in [-0.39, 0.29) is 11.4 Å². The van der Waals surface area contributed by atoms with Crippen molar-refractivity contribution in [3.05, 3.63) is 57.6 Å². The number of fused-ring (bicyclic) bond motifs is 1. The van der Waals surface area contributed by atoms with Crippen LogP contribution in [0.2, 0.25) is 0 Å². The van der Waals surface area contributed by atoms with Crippen molar-refractivity contribution in [1.29, 1.82) is 5.41 Å². The maximum Gasteiger partial charge on any atom is 0.283 e. The Labute approximate surface area is 241 Å². The molecule has 1 aliphatic carbocycles. The smallest absolute Gasteiger partial charge is 0.283 e. The molecule has 1 saturated carbocycles. The van der Waals surface area contributed by atoms with E-state index in [1.165, 1.54) is 41.6 Å². The van der Waals surface area contributed by atoms with Crippen LogP contribution >= 0.6 is 27.7 Å². The van der Waals surface area contributed by atoms with Crippen LogP contribution in [0.3, 0.4) is 0 Å². The van der Waals surface area contributed by atoms with Crippen LogP contribution in [0.4, 0.5) is 0 Å². The van der Waals surface area contributed by atoms with Crippen LogP contribution in [-0.2, 0) is 4.79 Å². The van der Waals surface area contributed by atoms with Crippen LogP contribution in [0.1, 0.15) is 50.2 Å². The lowest BCUT2D eigenvalue weighted by Gasteiger charge is -2.20. The molecule has 1 amide bonds. The van der Waals surface area contributed by atoms with Crippen molar-refractivity contribution in [3.63, 3.8) is 0 Å². The van der Waals surface area contributed by atoms with Crippen molar-refractivity contribution in [1.82, 2.24) is 5.01 Å². The second-order valence-electron chi connectivity index (χ2n) is 9.57. The van der Waals surface area contributed by atoms with Crippen LogP contribution in [0, 0.1) is 18.3 Å². The summed E-state index contributed by atoms with van der Waals surface area (Å²) < 4.78 is 18.3. The molecule has 0 spiro atoms. The van der Waals surface area contributed by atoms with Crippen molar-refractivity contribution < 1.29 is 19.0 Å². The second-order valence-corrected chi connectivity index (χ2v) is 11.4. The van der Waals surface area contributed by atoms with Crippen molar-refractivity contribution >= 4 is 55.7 Å². The van der Waals surface area contributed by atoms with Crippen LogP contribution in [-0.4, -0.2) is 46.8 Å². The van der Waals surface area contributed by atoms with Crippen LogP contribution < -0.4 is 14.2 Å². The molecule has 1 fully saturated rings. The minimum absolute atomic E-state index is 0.0333. The first kappa shape index (κ1) is 27.5. The summed E-state index contributed by atoms with van der Waals surface area (Å²) in [7, 11) is 0. The number of amides is 1. The quantitative estimate of drug-likeness (QED) is 0.247. The molecule has 2 heterocycles. The van der Waals surface area contributed by atoms with Crippen molar-refractivity contribution in [3.8, 4) is 17.2 Å². The van der Waals surface area contributed by atoms with Gasteiger partial charge < -0.3 is 14.2 Å². The van der Waals surface area contributed by atoms with Gasteiger partial charge in [0, 0.05) is 5.92 Å². The monoisotopic (exact) mass is 610 g/mol. The normalized spacial score (nSPS) is 18.6. The predicted octanol–water partition coefficient (Wildman–Crippen LogP) is 6.81. The standard InChI is InChI=1S/C29H31BrN4O4S/c1-3-36-24-17-19(16-23(30)25(24)38-14-13-37-21-11-9-18(2)10-12-21)15-22-26(31)34-29(32-27(22)35)39-28(33-34)20-7-5-4-6-8-20/h9-12,15-17,20,31H,3-8,13-14H2,1-2H3/b22-15-,31-26?. The molecule has 204 valence electrons. The van der Waals surface area contributed by atoms with Gasteiger partial charge in [0.05, 0.1) is 16.7 Å². The highest BCUT2D eigenvalue weighted by atomic mass is 79.9. The number of hydrogen-bond donors (Lipinski definition) is 1. The number of benzene rings is 2. The Morgan fingerprint density at radius 1 is 1.10 bits per heavy atom. The Bertz CT molecular complexity index is 1350. The molecule has 2 aromatic carbocycles. The predicted molar refractivity (Wildman–Crippen MR) is 159 cm³/mol. The lowest BCUT2D eigenvalue weighted by Crippen LogP contribution is -2.35. The van der Waals surface area contributed by atoms with Gasteiger partial charge in [0.15, 0.2) is 17.3 Å². The average molecular weight is 612 g/mol. The first-order valence-corrected chi connectivity index (χ1v) is 14.8. The van der Waals surface area contributed by atoms with E-state index in [1.54, 1.807) is 12.1 Å². The number of nitrogens with one attached hydrogen (secondary N) is 1. The topological polar surface area (TPSA) is 96.6 Å². The summed E-state index contributed by atoms with van der Waals surface area (Å²) >= 11 is 5.01. The number of thioether (sulfide) groups is 1. The molecular formula is C29H31BrN4O4S. The van der Waals surface area contributed by atoms with E-state index >= 15 is 0 Å². The summed E-state index contributed by atoms with van der Waals surface area (Å²) in [4.78, 5) is 17.2. The van der Waals surface area contributed by atoms with Gasteiger partial charge in [0.2, 0.25) is 5.17 Å². The zero-order valence-corrected chi connectivity index (χ0v) is 24.4. The molecule has 0 bridgehead atoms. The van der Waals surface area contributed by atoms with E-state index in [0.717, 1.165) is 23.6 Å². The molecule has 0 radical (unpaired) electrons. The number of carbonyl (C=O) groups excluding carboxylic acids is 1. The van der Waals surface area contributed by atoms with E-state index in [4.69, 9.17) is 19.6 Å². The van der Waals surface area contributed by atoms with Crippen LogP contribution in [0.5, 0.6) is 17.2 Å². The number of aliphatic imine (C=N–C) groups is 1. The molecule has 0 aromatic heterocycles. The zero-order chi connectivity index (χ0) is 27.4. The van der Waals surface area contributed by atoms with Crippen molar-refractivity contribution in [2.45, 2.75) is 46.0 Å². The fourth-order valence-corrected chi connectivity index (χ4v) is 6.33. The average Bonchev–Trinajstić information content (AvgIpc) is 3.36. The van der Waals surface area contributed by atoms with Crippen LogP contribution in [0.25, 0.3) is 6.08 Å². The molecule has 0 unspecified atom stereocenters. The fraction of sp³-hybridized carbons (Fsp3) is 0.379. The number of rotatable bonds is 9. The van der Waals surface area contributed by atoms with Gasteiger partial charge in [-0.2, -0.15) is 15.1 Å². The molecule has 39 heavy (non-hydrogen) atoms. The molecule has 1 N–H and O–H groups in total. The Balaban J connectivity index is 1.31. The van der Waals surface area contributed by atoms with E-state index in [9.17, 15) is 4.79 Å². The zero-order valence-electron chi connectivity index (χ0n) is 22.0. The fourth-order valence-electron chi connectivity index (χ4n) is 4.70. The summed E-state index contributed by atoms with van der Waals surface area (Å²) in [5.41, 5.74) is 2.04. The molecule has 0 atom stereocenters. The Kier molecular flexibility index (Phi) is 8.72. The summed E-state index contributed by atoms with van der Waals surface area (Å²) in [6.07, 6.45) is 7.48. The third kappa shape index (κ3) is 6.38. The maximum absolute atomic E-state index is 12.9. The van der Waals surface area contributed by atoms with Gasteiger partial charge >= 0.3 is 0 Å². The highest BCUT2D eigenvalue weighted by Crippen LogP contribution is 2.39. The largest absolute Gasteiger partial charge is 0.490 e. The minimum Gasteiger partial charge on any atom is -0.490 e. The number of nitrogens with zero attached hydrogens (tertiary/aromatic N) is 3. The number of carbonyl (C=O) groups is 1. The Morgan fingerprint density at radius 3 is 2.59 bits per heavy atom. The number of halogens is 1. The number of hydrazone groups is 1. The molecule has 2 aliphatic heterocycles. The highest BCUT2D eigenvalue weighted by Gasteiger charge is 2.38. The van der Waals surface area contributed by atoms with Gasteiger partial charge in [0.1, 0.15) is 24.0 Å². The van der Waals surface area contributed by atoms with E-state index in [1.807, 2.05) is 44.2 Å². The lowest BCUT2D eigenvalue weighted by molar-refractivity contribution is -0.114. The number of amidine groups is 2. The van der Waals surface area contributed by atoms with Crippen molar-refractivity contribution in [2.75, 3.05) is 19.8 Å². The third-order valence-corrected chi connectivity index (χ3v) is 8.35. The summed E-state index contributed by atoms with van der Waals surface area (Å²) in [6.45, 7) is 5.06. The highest BCUT2D eigenvalue weighted by molar-refractivity contribution is 9.10. The van der Waals surface area contributed by atoms with E-state index in [0.29, 0.717) is 52.4 Å². The molecule has 2 aromatic rings. The van der Waals surface area contributed by atoms with E-state index in [2.05, 4.69) is 26.0 Å². The van der Waals surface area contributed by atoms with Gasteiger partial charge in [-0.15, -0.1) is 0 Å². The number of hydrogen-bond acceptors (Lipinski definition) is 7. The molecule has 0 saturated heterocycles. The second kappa shape index (κ2) is 12.4. The van der Waals surface area contributed by atoms with Gasteiger partial charge in [-0.1, -0.05) is 37.0 Å². The summed E-state index contributed by atoms with van der Waals surface area (Å²) in [6, 6.07) is 11.5. The minimum atomic E-state index is -0.443. The third-order valence-electron chi connectivity index (χ3n) is 6.69. The first-order chi connectivity index (χ1) is 18.9. The Morgan fingerprint density at radius 2 is 1.85 bits per heavy atom. The number of aryl methyl sites for hydroxylation is 1. The van der Waals surface area contributed by atoms with E-state index < -0.39 is 5.91 Å². The first-order valence-electron chi connectivity index (χ1n) is 13.2.